The SMILES string of the molecule is Cc1[nH]ncc1CNc1ccc2oc(=O)[nH]c2c1. The van der Waals surface area contributed by atoms with E-state index < -0.39 is 5.76 Å². The van der Waals surface area contributed by atoms with E-state index in [0.717, 1.165) is 16.9 Å². The van der Waals surface area contributed by atoms with Gasteiger partial charge in [-0.2, -0.15) is 5.10 Å². The molecule has 92 valence electrons. The molecule has 0 amide bonds. The van der Waals surface area contributed by atoms with Crippen LogP contribution in [-0.4, -0.2) is 15.2 Å². The van der Waals surface area contributed by atoms with E-state index in [9.17, 15) is 4.79 Å². The largest absolute Gasteiger partial charge is 0.417 e. The number of aromatic amines is 2. The summed E-state index contributed by atoms with van der Waals surface area (Å²) in [5.74, 6) is -0.437. The molecule has 0 fully saturated rings. The average molecular weight is 244 g/mol. The summed E-state index contributed by atoms with van der Waals surface area (Å²) in [5, 5.41) is 10.1. The molecule has 0 radical (unpaired) electrons. The van der Waals surface area contributed by atoms with Crippen LogP contribution in [0.15, 0.2) is 33.6 Å². The van der Waals surface area contributed by atoms with Crippen molar-refractivity contribution < 1.29 is 4.42 Å². The van der Waals surface area contributed by atoms with Gasteiger partial charge in [-0.3, -0.25) is 10.1 Å². The van der Waals surface area contributed by atoms with E-state index in [0.29, 0.717) is 17.6 Å². The number of benzene rings is 1. The van der Waals surface area contributed by atoms with Gasteiger partial charge in [-0.25, -0.2) is 4.79 Å². The summed E-state index contributed by atoms with van der Waals surface area (Å²) < 4.78 is 4.94. The van der Waals surface area contributed by atoms with E-state index in [2.05, 4.69) is 20.5 Å². The highest BCUT2D eigenvalue weighted by molar-refractivity contribution is 5.76. The molecule has 6 nitrogen and oxygen atoms in total. The maximum atomic E-state index is 11.0. The van der Waals surface area contributed by atoms with Crippen LogP contribution in [-0.2, 0) is 6.54 Å². The Morgan fingerprint density at radius 2 is 2.33 bits per heavy atom. The van der Waals surface area contributed by atoms with Crippen LogP contribution in [0.5, 0.6) is 0 Å². The number of nitrogens with zero attached hydrogens (tertiary/aromatic N) is 1. The van der Waals surface area contributed by atoms with Gasteiger partial charge in [0.15, 0.2) is 5.58 Å². The summed E-state index contributed by atoms with van der Waals surface area (Å²) in [4.78, 5) is 13.7. The Morgan fingerprint density at radius 1 is 1.44 bits per heavy atom. The molecule has 0 aliphatic rings. The fourth-order valence-corrected chi connectivity index (χ4v) is 1.81. The maximum Gasteiger partial charge on any atom is 0.417 e. The van der Waals surface area contributed by atoms with E-state index >= 15 is 0 Å². The monoisotopic (exact) mass is 244 g/mol. The second kappa shape index (κ2) is 4.06. The lowest BCUT2D eigenvalue weighted by Gasteiger charge is -2.05. The highest BCUT2D eigenvalue weighted by Crippen LogP contribution is 2.17. The van der Waals surface area contributed by atoms with Crippen LogP contribution in [0.3, 0.4) is 0 Å². The van der Waals surface area contributed by atoms with Crippen LogP contribution >= 0.6 is 0 Å². The standard InChI is InChI=1S/C12H12N4O2/c1-7-8(6-14-16-7)5-13-9-2-3-11-10(4-9)15-12(17)18-11/h2-4,6,13H,5H2,1H3,(H,14,16)(H,15,17). The third-order valence-electron chi connectivity index (χ3n) is 2.84. The van der Waals surface area contributed by atoms with Crippen LogP contribution < -0.4 is 11.1 Å². The first-order chi connectivity index (χ1) is 8.72. The number of nitrogens with one attached hydrogen (secondary N) is 3. The number of hydrogen-bond acceptors (Lipinski definition) is 4. The normalized spacial score (nSPS) is 10.9. The quantitative estimate of drug-likeness (QED) is 0.655. The number of hydrogen-bond donors (Lipinski definition) is 3. The van der Waals surface area contributed by atoms with Gasteiger partial charge in [-0.15, -0.1) is 0 Å². The minimum absolute atomic E-state index is 0.437. The predicted molar refractivity (Wildman–Crippen MR) is 67.5 cm³/mol. The summed E-state index contributed by atoms with van der Waals surface area (Å²) in [7, 11) is 0. The molecular formula is C12H12N4O2. The van der Waals surface area contributed by atoms with Gasteiger partial charge in [0.25, 0.3) is 0 Å². The molecule has 3 rings (SSSR count). The molecular weight excluding hydrogens is 232 g/mol. The molecule has 0 atom stereocenters. The van der Waals surface area contributed by atoms with Gasteiger partial charge in [0.1, 0.15) is 0 Å². The number of H-pyrrole nitrogens is 2. The lowest BCUT2D eigenvalue weighted by molar-refractivity contribution is 0.555. The van der Waals surface area contributed by atoms with E-state index in [4.69, 9.17) is 4.42 Å². The summed E-state index contributed by atoms with van der Waals surface area (Å²) in [5.41, 5.74) is 4.31. The number of oxazole rings is 1. The van der Waals surface area contributed by atoms with Crippen molar-refractivity contribution in [2.75, 3.05) is 5.32 Å². The summed E-state index contributed by atoms with van der Waals surface area (Å²) in [6.07, 6.45) is 1.79. The first-order valence-electron chi connectivity index (χ1n) is 5.58. The number of aryl methyl sites for hydroxylation is 1. The number of rotatable bonds is 3. The molecule has 3 N–H and O–H groups in total. The van der Waals surface area contributed by atoms with Crippen molar-refractivity contribution in [1.82, 2.24) is 15.2 Å². The molecule has 0 bridgehead atoms. The van der Waals surface area contributed by atoms with Crippen LogP contribution in [0.2, 0.25) is 0 Å². The molecule has 1 aromatic carbocycles. The van der Waals surface area contributed by atoms with E-state index in [1.54, 1.807) is 12.3 Å². The maximum absolute atomic E-state index is 11.0. The Balaban J connectivity index is 1.82. The van der Waals surface area contributed by atoms with Gasteiger partial charge in [-0.1, -0.05) is 0 Å². The molecule has 0 spiro atoms. The van der Waals surface area contributed by atoms with Crippen LogP contribution in [0.25, 0.3) is 11.1 Å². The van der Waals surface area contributed by atoms with Gasteiger partial charge < -0.3 is 9.73 Å². The van der Waals surface area contributed by atoms with Crippen molar-refractivity contribution in [3.63, 3.8) is 0 Å². The van der Waals surface area contributed by atoms with E-state index in [1.165, 1.54) is 0 Å². The Bertz CT molecular complexity index is 738. The van der Waals surface area contributed by atoms with Gasteiger partial charge in [0.05, 0.1) is 11.7 Å². The first kappa shape index (κ1) is 10.6. The van der Waals surface area contributed by atoms with Crippen LogP contribution in [0.1, 0.15) is 11.3 Å². The highest BCUT2D eigenvalue weighted by atomic mass is 16.4. The van der Waals surface area contributed by atoms with Gasteiger partial charge in [0, 0.05) is 23.5 Å². The lowest BCUT2D eigenvalue weighted by Crippen LogP contribution is -1.99. The Hall–Kier alpha value is -2.50. The third-order valence-corrected chi connectivity index (χ3v) is 2.84. The average Bonchev–Trinajstić information content (AvgIpc) is 2.90. The zero-order valence-corrected chi connectivity index (χ0v) is 9.78. The molecule has 0 saturated carbocycles. The first-order valence-corrected chi connectivity index (χ1v) is 5.58. The Labute approximate surface area is 102 Å². The van der Waals surface area contributed by atoms with Gasteiger partial charge in [-0.05, 0) is 25.1 Å². The third kappa shape index (κ3) is 1.88. The molecule has 2 heterocycles. The zero-order valence-electron chi connectivity index (χ0n) is 9.78. The van der Waals surface area contributed by atoms with Crippen LogP contribution in [0.4, 0.5) is 5.69 Å². The Kier molecular flexibility index (Phi) is 2.40. The van der Waals surface area contributed by atoms with E-state index in [-0.39, 0.29) is 0 Å². The highest BCUT2D eigenvalue weighted by Gasteiger charge is 2.03. The minimum atomic E-state index is -0.437. The van der Waals surface area contributed by atoms with Crippen molar-refractivity contribution in [3.8, 4) is 0 Å². The topological polar surface area (TPSA) is 86.7 Å². The molecule has 2 aromatic heterocycles. The molecule has 3 aromatic rings. The molecule has 6 heteroatoms. The molecule has 0 unspecified atom stereocenters. The predicted octanol–water partition coefficient (Wildman–Crippen LogP) is 1.76. The smallest absolute Gasteiger partial charge is 0.408 e. The second-order valence-corrected chi connectivity index (χ2v) is 4.10. The molecule has 18 heavy (non-hydrogen) atoms. The zero-order chi connectivity index (χ0) is 12.5. The van der Waals surface area contributed by atoms with Gasteiger partial charge >= 0.3 is 5.76 Å². The number of aromatic nitrogens is 3. The molecule has 0 aliphatic heterocycles. The summed E-state index contributed by atoms with van der Waals surface area (Å²) in [6, 6.07) is 5.47. The minimum Gasteiger partial charge on any atom is -0.408 e. The van der Waals surface area contributed by atoms with E-state index in [1.807, 2.05) is 19.1 Å². The summed E-state index contributed by atoms with van der Waals surface area (Å²) in [6.45, 7) is 2.65. The molecule has 0 aliphatic carbocycles. The van der Waals surface area contributed by atoms with Crippen molar-refractivity contribution >= 4 is 16.8 Å². The fourth-order valence-electron chi connectivity index (χ4n) is 1.81. The second-order valence-electron chi connectivity index (χ2n) is 4.10. The summed E-state index contributed by atoms with van der Waals surface area (Å²) >= 11 is 0. The van der Waals surface area contributed by atoms with Gasteiger partial charge in [0.2, 0.25) is 0 Å². The van der Waals surface area contributed by atoms with Crippen molar-refractivity contribution in [2.45, 2.75) is 13.5 Å². The Morgan fingerprint density at radius 3 is 3.11 bits per heavy atom. The number of fused-ring (bicyclic) bond motifs is 1. The molecule has 0 saturated heterocycles. The van der Waals surface area contributed by atoms with Crippen LogP contribution in [0, 0.1) is 6.92 Å². The van der Waals surface area contributed by atoms with Crippen molar-refractivity contribution in [1.29, 1.82) is 0 Å². The van der Waals surface area contributed by atoms with Crippen molar-refractivity contribution in [3.05, 3.63) is 46.2 Å². The van der Waals surface area contributed by atoms with Crippen molar-refractivity contribution in [2.24, 2.45) is 0 Å². The number of anilines is 1. The lowest BCUT2D eigenvalue weighted by atomic mass is 10.2. The fraction of sp³-hybridized carbons (Fsp3) is 0.167.